The van der Waals surface area contributed by atoms with Gasteiger partial charge >= 0.3 is 0 Å². The van der Waals surface area contributed by atoms with Crippen LogP contribution in [-0.2, 0) is 11.3 Å². The molecule has 0 bridgehead atoms. The Kier molecular flexibility index (Phi) is 2.29. The van der Waals surface area contributed by atoms with Crippen LogP contribution in [0.5, 0.6) is 0 Å². The fourth-order valence-electron chi connectivity index (χ4n) is 1.04. The van der Waals surface area contributed by atoms with Crippen LogP contribution in [0.2, 0.25) is 0 Å². The van der Waals surface area contributed by atoms with E-state index in [1.54, 1.807) is 23.9 Å². The van der Waals surface area contributed by atoms with Gasteiger partial charge in [0.1, 0.15) is 25.0 Å². The number of aromatic nitrogens is 2. The molecular weight excluding hydrogens is 152 g/mol. The lowest BCUT2D eigenvalue weighted by Gasteiger charge is -1.92. The van der Waals surface area contributed by atoms with Crippen molar-refractivity contribution in [2.75, 3.05) is 0 Å². The molecule has 0 aliphatic carbocycles. The van der Waals surface area contributed by atoms with E-state index in [9.17, 15) is 4.79 Å². The van der Waals surface area contributed by atoms with Gasteiger partial charge in [0.2, 0.25) is 0 Å². The van der Waals surface area contributed by atoms with Crippen LogP contribution < -0.4 is 4.57 Å². The van der Waals surface area contributed by atoms with Crippen molar-refractivity contribution in [3.05, 3.63) is 18.2 Å². The number of terminal acetylenes is 1. The first kappa shape index (κ1) is 8.54. The zero-order valence-electron chi connectivity index (χ0n) is 7.24. The Hall–Kier alpha value is -1.56. The van der Waals surface area contributed by atoms with Crippen molar-refractivity contribution in [1.29, 1.82) is 0 Å². The summed E-state index contributed by atoms with van der Waals surface area (Å²) in [6.45, 7) is 3.82. The van der Waals surface area contributed by atoms with Crippen LogP contribution in [-0.4, -0.2) is 10.4 Å². The van der Waals surface area contributed by atoms with Gasteiger partial charge in [0.05, 0.1) is 0 Å². The fourth-order valence-corrected chi connectivity index (χ4v) is 1.04. The van der Waals surface area contributed by atoms with E-state index in [1.165, 1.54) is 0 Å². The maximum atomic E-state index is 10.8. The van der Waals surface area contributed by atoms with Crippen molar-refractivity contribution in [3.8, 4) is 12.5 Å². The van der Waals surface area contributed by atoms with E-state index in [0.29, 0.717) is 6.54 Å². The Morgan fingerprint density at radius 2 is 2.50 bits per heavy atom. The molecule has 0 amide bonds. The summed E-state index contributed by atoms with van der Waals surface area (Å²) in [5.41, 5.74) is 0. The largest absolute Gasteiger partial charge is 0.296 e. The minimum Gasteiger partial charge on any atom is -0.296 e. The molecule has 0 aromatic carbocycles. The average Bonchev–Trinajstić information content (AvgIpc) is 2.32. The van der Waals surface area contributed by atoms with Crippen LogP contribution in [0.25, 0.3) is 0 Å². The Labute approximate surface area is 71.6 Å². The van der Waals surface area contributed by atoms with Gasteiger partial charge in [-0.05, 0) is 6.92 Å². The molecule has 62 valence electrons. The molecule has 3 nitrogen and oxygen atoms in total. The highest BCUT2D eigenvalue weighted by atomic mass is 16.1. The SMILES string of the molecule is C#C[n+]1ccn(CC(C)=O)c1C. The molecule has 1 heterocycles. The van der Waals surface area contributed by atoms with Crippen LogP contribution in [0.3, 0.4) is 0 Å². The van der Waals surface area contributed by atoms with Crippen molar-refractivity contribution in [3.63, 3.8) is 0 Å². The van der Waals surface area contributed by atoms with E-state index in [2.05, 4.69) is 6.04 Å². The first-order chi connectivity index (χ1) is 5.65. The molecule has 0 aliphatic heterocycles. The van der Waals surface area contributed by atoms with Gasteiger partial charge in [-0.2, -0.15) is 4.57 Å². The first-order valence-electron chi connectivity index (χ1n) is 3.68. The number of hydrogen-bond acceptors (Lipinski definition) is 1. The van der Waals surface area contributed by atoms with Gasteiger partial charge in [-0.3, -0.25) is 4.79 Å². The normalized spacial score (nSPS) is 9.42. The number of hydrogen-bond donors (Lipinski definition) is 0. The highest BCUT2D eigenvalue weighted by Crippen LogP contribution is 1.92. The number of Topliss-reactive ketones (excluding diaryl/α,β-unsaturated/α-hetero) is 1. The van der Waals surface area contributed by atoms with Crippen molar-refractivity contribution in [2.24, 2.45) is 0 Å². The van der Waals surface area contributed by atoms with E-state index in [-0.39, 0.29) is 5.78 Å². The number of ketones is 1. The Morgan fingerprint density at radius 1 is 1.83 bits per heavy atom. The molecule has 1 aromatic heterocycles. The molecule has 0 saturated heterocycles. The molecule has 1 rings (SSSR count). The molecule has 12 heavy (non-hydrogen) atoms. The number of carbonyl (C=O) groups excluding carboxylic acids is 1. The van der Waals surface area contributed by atoms with Crippen molar-refractivity contribution in [2.45, 2.75) is 20.4 Å². The summed E-state index contributed by atoms with van der Waals surface area (Å²) >= 11 is 0. The Bertz CT molecular complexity index is 344. The molecule has 0 N–H and O–H groups in total. The second-order valence-electron chi connectivity index (χ2n) is 2.67. The van der Waals surface area contributed by atoms with Crippen LogP contribution in [0.1, 0.15) is 12.7 Å². The van der Waals surface area contributed by atoms with E-state index in [0.717, 1.165) is 5.82 Å². The predicted octanol–water partition coefficient (Wildman–Crippen LogP) is 0.112. The molecule has 0 fully saturated rings. The molecule has 0 radical (unpaired) electrons. The maximum absolute atomic E-state index is 10.8. The molecule has 0 atom stereocenters. The summed E-state index contributed by atoms with van der Waals surface area (Å²) in [5.74, 6) is 1.02. The monoisotopic (exact) mass is 163 g/mol. The van der Waals surface area contributed by atoms with Gasteiger partial charge in [-0.1, -0.05) is 6.42 Å². The molecule has 0 aliphatic rings. The lowest BCUT2D eigenvalue weighted by molar-refractivity contribution is -0.590. The molecule has 0 spiro atoms. The van der Waals surface area contributed by atoms with Crippen LogP contribution in [0, 0.1) is 19.4 Å². The van der Waals surface area contributed by atoms with Gasteiger partial charge in [-0.15, -0.1) is 0 Å². The van der Waals surface area contributed by atoms with E-state index in [4.69, 9.17) is 6.42 Å². The quantitative estimate of drug-likeness (QED) is 0.449. The topological polar surface area (TPSA) is 25.9 Å². The second-order valence-corrected chi connectivity index (χ2v) is 2.67. The van der Waals surface area contributed by atoms with Crippen LogP contribution in [0.4, 0.5) is 0 Å². The lowest BCUT2D eigenvalue weighted by atomic mass is 10.4. The minimum atomic E-state index is 0.123. The molecule has 0 saturated carbocycles. The number of rotatable bonds is 2. The highest BCUT2D eigenvalue weighted by Gasteiger charge is 2.11. The summed E-state index contributed by atoms with van der Waals surface area (Å²) in [6.07, 6.45) is 8.77. The maximum Gasteiger partial charge on any atom is 0.267 e. The molecule has 3 heteroatoms. The third-order valence-electron chi connectivity index (χ3n) is 1.69. The summed E-state index contributed by atoms with van der Waals surface area (Å²) in [4.78, 5) is 10.8. The van der Waals surface area contributed by atoms with Gasteiger partial charge in [0.15, 0.2) is 5.78 Å². The fraction of sp³-hybridized carbons (Fsp3) is 0.333. The Morgan fingerprint density at radius 3 is 2.92 bits per heavy atom. The van der Waals surface area contributed by atoms with E-state index in [1.807, 2.05) is 11.5 Å². The zero-order valence-corrected chi connectivity index (χ0v) is 7.24. The summed E-state index contributed by atoms with van der Waals surface area (Å²) in [7, 11) is 0. The van der Waals surface area contributed by atoms with Crippen LogP contribution in [0.15, 0.2) is 12.4 Å². The first-order valence-corrected chi connectivity index (χ1v) is 3.68. The average molecular weight is 163 g/mol. The molecule has 1 aromatic rings. The van der Waals surface area contributed by atoms with E-state index < -0.39 is 0 Å². The Balaban J connectivity index is 2.96. The van der Waals surface area contributed by atoms with Gasteiger partial charge in [0.25, 0.3) is 5.82 Å². The second kappa shape index (κ2) is 3.22. The number of nitrogens with zero attached hydrogens (tertiary/aromatic N) is 2. The number of imidazole rings is 1. The standard InChI is InChI=1S/C9H11N2O/c1-4-10-5-6-11(9(10)3)7-8(2)12/h1,5-6H,7H2,2-3H3/q+1. The lowest BCUT2D eigenvalue weighted by Crippen LogP contribution is -2.30. The molecule has 0 unspecified atom stereocenters. The molecular formula is C9H11N2O+. The highest BCUT2D eigenvalue weighted by molar-refractivity contribution is 5.75. The summed E-state index contributed by atoms with van der Waals surface area (Å²) in [5, 5.41) is 0. The van der Waals surface area contributed by atoms with Crippen LogP contribution >= 0.6 is 0 Å². The third kappa shape index (κ3) is 1.54. The van der Waals surface area contributed by atoms with Crippen molar-refractivity contribution >= 4 is 5.78 Å². The minimum absolute atomic E-state index is 0.123. The van der Waals surface area contributed by atoms with Gasteiger partial charge in [0, 0.05) is 6.92 Å². The number of carbonyl (C=O) groups is 1. The summed E-state index contributed by atoms with van der Waals surface area (Å²) < 4.78 is 3.46. The smallest absolute Gasteiger partial charge is 0.267 e. The summed E-state index contributed by atoms with van der Waals surface area (Å²) in [6, 6.07) is 2.47. The van der Waals surface area contributed by atoms with Gasteiger partial charge in [-0.25, -0.2) is 4.57 Å². The van der Waals surface area contributed by atoms with Gasteiger partial charge < -0.3 is 0 Å². The van der Waals surface area contributed by atoms with Crippen molar-refractivity contribution in [1.82, 2.24) is 4.57 Å². The van der Waals surface area contributed by atoms with Crippen molar-refractivity contribution < 1.29 is 9.36 Å². The zero-order chi connectivity index (χ0) is 9.14. The predicted molar refractivity (Wildman–Crippen MR) is 44.3 cm³/mol. The van der Waals surface area contributed by atoms with E-state index >= 15 is 0 Å². The third-order valence-corrected chi connectivity index (χ3v) is 1.69.